The van der Waals surface area contributed by atoms with Crippen molar-refractivity contribution in [1.29, 1.82) is 0 Å². The summed E-state index contributed by atoms with van der Waals surface area (Å²) in [6.07, 6.45) is 46.6. The molecule has 0 saturated heterocycles. The molecule has 0 radical (unpaired) electrons. The molecule has 0 rings (SSSR count). The van der Waals surface area contributed by atoms with Gasteiger partial charge in [-0.2, -0.15) is 0 Å². The SMILES string of the molecule is CC/C=C\C/C=C\C/C=C\C/C=C\C/C=C\C/C=C\CCC(=O)O[C@H](COC(=O)CCCCCCCCCCCCCCC)COP(=O)([O-])OCC[NH2+]C. The average molecular weight is 778 g/mol. The van der Waals surface area contributed by atoms with Gasteiger partial charge < -0.3 is 28.7 Å². The third-order valence-electron chi connectivity index (χ3n) is 8.40. The van der Waals surface area contributed by atoms with Crippen LogP contribution < -0.4 is 10.2 Å². The molecule has 0 bridgehead atoms. The van der Waals surface area contributed by atoms with Crippen LogP contribution in [-0.4, -0.2) is 51.5 Å². The van der Waals surface area contributed by atoms with Crippen LogP contribution in [0.1, 0.15) is 155 Å². The number of carbonyl (C=O) groups excluding carboxylic acids is 2. The molecular formula is C44H76NO8P. The normalized spacial score (nSPS) is 14.1. The highest BCUT2D eigenvalue weighted by Crippen LogP contribution is 2.38. The molecule has 9 nitrogen and oxygen atoms in total. The Bertz CT molecular complexity index is 1110. The number of phosphoric acid groups is 1. The van der Waals surface area contributed by atoms with Crippen LogP contribution in [0.4, 0.5) is 0 Å². The quantitative estimate of drug-likeness (QED) is 0.0284. The Labute approximate surface area is 329 Å². The first-order valence-corrected chi connectivity index (χ1v) is 22.4. The molecule has 0 aliphatic rings. The number of nitrogens with two attached hydrogens (primary N) is 1. The molecule has 0 fully saturated rings. The van der Waals surface area contributed by atoms with E-state index in [-0.39, 0.29) is 26.1 Å². The van der Waals surface area contributed by atoms with Gasteiger partial charge in [0, 0.05) is 12.8 Å². The van der Waals surface area contributed by atoms with E-state index in [0.717, 1.165) is 57.8 Å². The van der Waals surface area contributed by atoms with Gasteiger partial charge in [0.2, 0.25) is 0 Å². The van der Waals surface area contributed by atoms with Crippen LogP contribution in [0.15, 0.2) is 72.9 Å². The van der Waals surface area contributed by atoms with Gasteiger partial charge in [-0.1, -0.05) is 164 Å². The van der Waals surface area contributed by atoms with Crippen molar-refractivity contribution in [1.82, 2.24) is 0 Å². The minimum atomic E-state index is -4.60. The van der Waals surface area contributed by atoms with E-state index in [4.69, 9.17) is 18.5 Å². The number of quaternary nitrogens is 1. The Balaban J connectivity index is 4.39. The molecule has 0 aromatic rings. The molecule has 0 aromatic heterocycles. The summed E-state index contributed by atoms with van der Waals surface area (Å²) in [5, 5.41) is 1.78. The molecule has 0 aliphatic carbocycles. The average Bonchev–Trinajstić information content (AvgIpc) is 3.15. The van der Waals surface area contributed by atoms with Crippen LogP contribution in [0.5, 0.6) is 0 Å². The summed E-state index contributed by atoms with van der Waals surface area (Å²) in [6, 6.07) is 0. The van der Waals surface area contributed by atoms with Crippen LogP contribution in [-0.2, 0) is 32.7 Å². The summed E-state index contributed by atoms with van der Waals surface area (Å²) in [5.74, 6) is -0.935. The lowest BCUT2D eigenvalue weighted by Crippen LogP contribution is -2.80. The van der Waals surface area contributed by atoms with Crippen LogP contribution in [0.3, 0.4) is 0 Å². The fourth-order valence-corrected chi connectivity index (χ4v) is 5.99. The van der Waals surface area contributed by atoms with Gasteiger partial charge in [-0.15, -0.1) is 0 Å². The van der Waals surface area contributed by atoms with E-state index in [2.05, 4.69) is 74.6 Å². The largest absolute Gasteiger partial charge is 0.756 e. The van der Waals surface area contributed by atoms with Crippen LogP contribution >= 0.6 is 7.82 Å². The molecule has 310 valence electrons. The van der Waals surface area contributed by atoms with E-state index < -0.39 is 32.5 Å². The number of hydrogen-bond donors (Lipinski definition) is 1. The first kappa shape index (κ1) is 51.5. The zero-order valence-electron chi connectivity index (χ0n) is 34.2. The fourth-order valence-electron chi connectivity index (χ4n) is 5.24. The zero-order chi connectivity index (χ0) is 39.6. The Morgan fingerprint density at radius 2 is 1.06 bits per heavy atom. The van der Waals surface area contributed by atoms with Crippen molar-refractivity contribution < 1.29 is 42.9 Å². The Morgan fingerprint density at radius 1 is 0.593 bits per heavy atom. The summed E-state index contributed by atoms with van der Waals surface area (Å²) < 4.78 is 32.7. The maximum atomic E-state index is 12.6. The molecule has 10 heteroatoms. The second kappa shape index (κ2) is 40.1. The number of unbranched alkanes of at least 4 members (excludes halogenated alkanes) is 12. The minimum Gasteiger partial charge on any atom is -0.756 e. The number of carbonyl (C=O) groups is 2. The third kappa shape index (κ3) is 39.2. The molecule has 54 heavy (non-hydrogen) atoms. The fraction of sp³-hybridized carbons (Fsp3) is 0.682. The van der Waals surface area contributed by atoms with Crippen molar-refractivity contribution in [2.75, 3.05) is 33.4 Å². The predicted molar refractivity (Wildman–Crippen MR) is 221 cm³/mol. The van der Waals surface area contributed by atoms with Gasteiger partial charge in [0.15, 0.2) is 6.10 Å². The predicted octanol–water partition coefficient (Wildman–Crippen LogP) is 10.1. The molecule has 2 N–H and O–H groups in total. The molecule has 0 aliphatic heterocycles. The van der Waals surface area contributed by atoms with Gasteiger partial charge in [-0.3, -0.25) is 14.2 Å². The monoisotopic (exact) mass is 778 g/mol. The molecule has 2 atom stereocenters. The molecule has 0 spiro atoms. The van der Waals surface area contributed by atoms with E-state index in [0.29, 0.717) is 13.0 Å². The number of esters is 2. The highest BCUT2D eigenvalue weighted by Gasteiger charge is 2.21. The number of ether oxygens (including phenoxy) is 2. The van der Waals surface area contributed by atoms with Crippen molar-refractivity contribution in [2.45, 2.75) is 161 Å². The van der Waals surface area contributed by atoms with Gasteiger partial charge in [0.05, 0.1) is 20.2 Å². The van der Waals surface area contributed by atoms with Gasteiger partial charge in [-0.25, -0.2) is 0 Å². The van der Waals surface area contributed by atoms with Crippen molar-refractivity contribution >= 4 is 19.8 Å². The van der Waals surface area contributed by atoms with Gasteiger partial charge in [0.1, 0.15) is 13.2 Å². The molecule has 1 unspecified atom stereocenters. The van der Waals surface area contributed by atoms with E-state index in [1.807, 2.05) is 12.2 Å². The van der Waals surface area contributed by atoms with E-state index in [1.54, 1.807) is 12.4 Å². The maximum Gasteiger partial charge on any atom is 0.306 e. The van der Waals surface area contributed by atoms with Crippen molar-refractivity contribution in [3.05, 3.63) is 72.9 Å². The number of phosphoric ester groups is 1. The number of allylic oxidation sites excluding steroid dienone is 12. The second-order valence-electron chi connectivity index (χ2n) is 13.5. The molecular weight excluding hydrogens is 701 g/mol. The van der Waals surface area contributed by atoms with Crippen molar-refractivity contribution in [3.63, 3.8) is 0 Å². The zero-order valence-corrected chi connectivity index (χ0v) is 35.1. The molecule has 0 aromatic carbocycles. The Hall–Kier alpha value is -2.55. The lowest BCUT2D eigenvalue weighted by atomic mass is 10.0. The third-order valence-corrected chi connectivity index (χ3v) is 9.36. The standard InChI is InChI=1S/C44H76NO8P/c1-4-6-8-10-12-14-16-18-19-20-21-22-23-25-27-29-31-33-35-37-44(47)53-42(41-52-54(48,49)51-39-38-45-3)40-50-43(46)36-34-32-30-28-26-24-17-15-13-11-9-7-5-2/h6,8,12,14,18-19,21-22,25,27,31,33,42,45H,4-5,7,9-11,13,15-17,20,23-24,26,28-30,32,34-41H2,1-3H3,(H,48,49)/b8-6-,14-12-,19-18-,22-21-,27-25-,33-31-/t42-/m1/s1. The smallest absolute Gasteiger partial charge is 0.306 e. The molecule has 0 saturated carbocycles. The summed E-state index contributed by atoms with van der Waals surface area (Å²) >= 11 is 0. The second-order valence-corrected chi connectivity index (χ2v) is 14.9. The highest BCUT2D eigenvalue weighted by atomic mass is 31.2. The molecule has 0 heterocycles. The highest BCUT2D eigenvalue weighted by molar-refractivity contribution is 7.45. The van der Waals surface area contributed by atoms with E-state index >= 15 is 0 Å². The summed E-state index contributed by atoms with van der Waals surface area (Å²) in [7, 11) is -2.81. The summed E-state index contributed by atoms with van der Waals surface area (Å²) in [6.45, 7) is 4.01. The van der Waals surface area contributed by atoms with Crippen LogP contribution in [0, 0.1) is 0 Å². The first-order valence-electron chi connectivity index (χ1n) is 21.0. The van der Waals surface area contributed by atoms with Gasteiger partial charge in [-0.05, 0) is 51.4 Å². The number of likely N-dealkylation sites (N-methyl/N-ethyl adjacent to an activating group) is 1. The molecule has 0 amide bonds. The summed E-state index contributed by atoms with van der Waals surface area (Å²) in [4.78, 5) is 37.1. The lowest BCUT2D eigenvalue weighted by molar-refractivity contribution is -0.627. The Morgan fingerprint density at radius 3 is 1.54 bits per heavy atom. The first-order chi connectivity index (χ1) is 26.3. The minimum absolute atomic E-state index is 0.0399. The van der Waals surface area contributed by atoms with Crippen molar-refractivity contribution in [3.8, 4) is 0 Å². The van der Waals surface area contributed by atoms with Crippen LogP contribution in [0.25, 0.3) is 0 Å². The van der Waals surface area contributed by atoms with Crippen molar-refractivity contribution in [2.24, 2.45) is 0 Å². The maximum absolute atomic E-state index is 12.6. The number of rotatable bonds is 38. The van der Waals surface area contributed by atoms with E-state index in [1.165, 1.54) is 64.2 Å². The van der Waals surface area contributed by atoms with E-state index in [9.17, 15) is 19.0 Å². The Kier molecular flexibility index (Phi) is 38.2. The van der Waals surface area contributed by atoms with Gasteiger partial charge >= 0.3 is 11.9 Å². The number of hydrogen-bond acceptors (Lipinski definition) is 8. The van der Waals surface area contributed by atoms with Crippen LogP contribution in [0.2, 0.25) is 0 Å². The lowest BCUT2D eigenvalue weighted by Gasteiger charge is -2.25. The van der Waals surface area contributed by atoms with Gasteiger partial charge in [0.25, 0.3) is 7.82 Å². The summed E-state index contributed by atoms with van der Waals surface area (Å²) in [5.41, 5.74) is 0. The topological polar surface area (TPSA) is 128 Å².